The van der Waals surface area contributed by atoms with Gasteiger partial charge in [-0.2, -0.15) is 0 Å². The molecule has 0 aliphatic rings. The summed E-state index contributed by atoms with van der Waals surface area (Å²) in [6, 6.07) is 5.23. The number of aryl methyl sites for hydroxylation is 1. The van der Waals surface area contributed by atoms with Crippen molar-refractivity contribution in [2.45, 2.75) is 25.2 Å². The highest BCUT2D eigenvalue weighted by atomic mass is 32.2. The van der Waals surface area contributed by atoms with Crippen LogP contribution in [0, 0.1) is 12.8 Å². The van der Waals surface area contributed by atoms with E-state index in [9.17, 15) is 8.42 Å². The SMILES string of the molecule is Cc1[nH]c2ccc(S(C)(=O)=O)cc2c1CC(C)CN. The maximum absolute atomic E-state index is 11.6. The molecule has 19 heavy (non-hydrogen) atoms. The molecular formula is C14H20N2O2S. The first-order valence-corrected chi connectivity index (χ1v) is 8.23. The molecule has 0 radical (unpaired) electrons. The van der Waals surface area contributed by atoms with Gasteiger partial charge in [0.25, 0.3) is 0 Å². The Morgan fingerprint density at radius 3 is 2.63 bits per heavy atom. The predicted molar refractivity (Wildman–Crippen MR) is 78.1 cm³/mol. The minimum Gasteiger partial charge on any atom is -0.358 e. The highest BCUT2D eigenvalue weighted by Gasteiger charge is 2.14. The van der Waals surface area contributed by atoms with Gasteiger partial charge in [-0.25, -0.2) is 8.42 Å². The van der Waals surface area contributed by atoms with Crippen LogP contribution in [0.3, 0.4) is 0 Å². The Morgan fingerprint density at radius 2 is 2.05 bits per heavy atom. The third kappa shape index (κ3) is 2.82. The summed E-state index contributed by atoms with van der Waals surface area (Å²) in [5.74, 6) is 0.375. The van der Waals surface area contributed by atoms with Crippen LogP contribution in [0.15, 0.2) is 23.1 Å². The van der Waals surface area contributed by atoms with Gasteiger partial charge < -0.3 is 10.7 Å². The number of hydrogen-bond donors (Lipinski definition) is 2. The second-order valence-corrected chi connectivity index (χ2v) is 7.27. The van der Waals surface area contributed by atoms with Gasteiger partial charge in [-0.1, -0.05) is 6.92 Å². The fourth-order valence-electron chi connectivity index (χ4n) is 2.29. The highest BCUT2D eigenvalue weighted by Crippen LogP contribution is 2.27. The minimum atomic E-state index is -3.17. The number of nitrogens with two attached hydrogens (primary N) is 1. The van der Waals surface area contributed by atoms with Crippen LogP contribution in [-0.2, 0) is 16.3 Å². The lowest BCUT2D eigenvalue weighted by Crippen LogP contribution is -2.13. The topological polar surface area (TPSA) is 76.0 Å². The molecular weight excluding hydrogens is 260 g/mol. The van der Waals surface area contributed by atoms with Crippen LogP contribution >= 0.6 is 0 Å². The molecule has 0 saturated carbocycles. The van der Waals surface area contributed by atoms with E-state index in [0.717, 1.165) is 23.0 Å². The summed E-state index contributed by atoms with van der Waals surface area (Å²) in [5, 5.41) is 0.987. The standard InChI is InChI=1S/C14H20N2O2S/c1-9(8-15)6-12-10(2)16-14-5-4-11(7-13(12)14)19(3,17)18/h4-5,7,9,16H,6,8,15H2,1-3H3. The van der Waals surface area contributed by atoms with Crippen molar-refractivity contribution in [2.75, 3.05) is 12.8 Å². The number of aromatic amines is 1. The Labute approximate surface area is 113 Å². The number of fused-ring (bicyclic) bond motifs is 1. The number of H-pyrrole nitrogens is 1. The van der Waals surface area contributed by atoms with Crippen LogP contribution in [0.2, 0.25) is 0 Å². The Hall–Kier alpha value is -1.33. The van der Waals surface area contributed by atoms with E-state index >= 15 is 0 Å². The van der Waals surface area contributed by atoms with Gasteiger partial charge >= 0.3 is 0 Å². The highest BCUT2D eigenvalue weighted by molar-refractivity contribution is 7.90. The van der Waals surface area contributed by atoms with E-state index < -0.39 is 9.84 Å². The predicted octanol–water partition coefficient (Wildman–Crippen LogP) is 2.02. The summed E-state index contributed by atoms with van der Waals surface area (Å²) in [6.07, 6.45) is 2.09. The molecule has 104 valence electrons. The number of hydrogen-bond acceptors (Lipinski definition) is 3. The van der Waals surface area contributed by atoms with Gasteiger partial charge in [0.1, 0.15) is 0 Å². The fraction of sp³-hybridized carbons (Fsp3) is 0.429. The Kier molecular flexibility index (Phi) is 3.69. The molecule has 2 rings (SSSR count). The van der Waals surface area contributed by atoms with Crippen molar-refractivity contribution < 1.29 is 8.42 Å². The smallest absolute Gasteiger partial charge is 0.175 e. The number of benzene rings is 1. The van der Waals surface area contributed by atoms with Gasteiger partial charge in [-0.05, 0) is 49.6 Å². The lowest BCUT2D eigenvalue weighted by molar-refractivity contribution is 0.593. The van der Waals surface area contributed by atoms with Crippen molar-refractivity contribution in [3.8, 4) is 0 Å². The molecule has 0 aliphatic carbocycles. The number of nitrogens with one attached hydrogen (secondary N) is 1. The van der Waals surface area contributed by atoms with Crippen LogP contribution < -0.4 is 5.73 Å². The monoisotopic (exact) mass is 280 g/mol. The zero-order valence-corrected chi connectivity index (χ0v) is 12.3. The molecule has 0 bridgehead atoms. The molecule has 0 amide bonds. The summed E-state index contributed by atoms with van der Waals surface area (Å²) in [7, 11) is -3.17. The van der Waals surface area contributed by atoms with Crippen molar-refractivity contribution in [1.82, 2.24) is 4.98 Å². The first-order valence-electron chi connectivity index (χ1n) is 6.34. The summed E-state index contributed by atoms with van der Waals surface area (Å²) in [5.41, 5.74) is 8.90. The summed E-state index contributed by atoms with van der Waals surface area (Å²) in [6.45, 7) is 4.73. The molecule has 1 heterocycles. The van der Waals surface area contributed by atoms with Crippen molar-refractivity contribution in [1.29, 1.82) is 0 Å². The molecule has 0 fully saturated rings. The average molecular weight is 280 g/mol. The van der Waals surface area contributed by atoms with Gasteiger partial charge in [0.2, 0.25) is 0 Å². The van der Waals surface area contributed by atoms with Crippen molar-refractivity contribution in [2.24, 2.45) is 11.7 Å². The first kappa shape index (κ1) is 14.1. The maximum atomic E-state index is 11.6. The summed E-state index contributed by atoms with van der Waals surface area (Å²) >= 11 is 0. The molecule has 0 saturated heterocycles. The van der Waals surface area contributed by atoms with Gasteiger partial charge in [0, 0.05) is 22.9 Å². The second kappa shape index (κ2) is 4.98. The van der Waals surface area contributed by atoms with E-state index in [2.05, 4.69) is 11.9 Å². The lowest BCUT2D eigenvalue weighted by atomic mass is 9.99. The van der Waals surface area contributed by atoms with Crippen molar-refractivity contribution in [3.63, 3.8) is 0 Å². The van der Waals surface area contributed by atoms with E-state index in [-0.39, 0.29) is 0 Å². The normalized spacial score (nSPS) is 13.9. The summed E-state index contributed by atoms with van der Waals surface area (Å²) in [4.78, 5) is 3.66. The van der Waals surface area contributed by atoms with E-state index in [0.29, 0.717) is 17.4 Å². The number of sulfone groups is 1. The molecule has 5 heteroatoms. The van der Waals surface area contributed by atoms with Crippen LogP contribution in [0.25, 0.3) is 10.9 Å². The van der Waals surface area contributed by atoms with Crippen molar-refractivity contribution >= 4 is 20.7 Å². The molecule has 1 unspecified atom stereocenters. The molecule has 0 spiro atoms. The van der Waals surface area contributed by atoms with Crippen LogP contribution in [0.4, 0.5) is 0 Å². The quantitative estimate of drug-likeness (QED) is 0.899. The minimum absolute atomic E-state index is 0.362. The van der Waals surface area contributed by atoms with Crippen LogP contribution in [0.1, 0.15) is 18.2 Å². The largest absolute Gasteiger partial charge is 0.358 e. The average Bonchev–Trinajstić information content (AvgIpc) is 2.64. The third-order valence-electron chi connectivity index (χ3n) is 3.47. The molecule has 1 atom stereocenters. The summed E-state index contributed by atoms with van der Waals surface area (Å²) < 4.78 is 23.3. The van der Waals surface area contributed by atoms with Gasteiger partial charge in [-0.3, -0.25) is 0 Å². The Bertz CT molecular complexity index is 702. The van der Waals surface area contributed by atoms with Gasteiger partial charge in [0.15, 0.2) is 9.84 Å². The lowest BCUT2D eigenvalue weighted by Gasteiger charge is -2.08. The third-order valence-corrected chi connectivity index (χ3v) is 4.58. The molecule has 0 aliphatic heterocycles. The Morgan fingerprint density at radius 1 is 1.37 bits per heavy atom. The second-order valence-electron chi connectivity index (χ2n) is 5.25. The molecule has 2 aromatic rings. The molecule has 3 N–H and O–H groups in total. The van der Waals surface area contributed by atoms with E-state index in [1.54, 1.807) is 12.1 Å². The first-order chi connectivity index (χ1) is 8.82. The zero-order chi connectivity index (χ0) is 14.2. The fourth-order valence-corrected chi connectivity index (χ4v) is 2.93. The molecule has 1 aromatic carbocycles. The number of aromatic nitrogens is 1. The zero-order valence-electron chi connectivity index (χ0n) is 11.5. The molecule has 4 nitrogen and oxygen atoms in total. The van der Waals surface area contributed by atoms with E-state index in [4.69, 9.17) is 5.73 Å². The van der Waals surface area contributed by atoms with Crippen LogP contribution in [0.5, 0.6) is 0 Å². The molecule has 1 aromatic heterocycles. The van der Waals surface area contributed by atoms with Gasteiger partial charge in [0.05, 0.1) is 4.90 Å². The van der Waals surface area contributed by atoms with Gasteiger partial charge in [-0.15, -0.1) is 0 Å². The number of rotatable bonds is 4. The van der Waals surface area contributed by atoms with Crippen molar-refractivity contribution in [3.05, 3.63) is 29.5 Å². The van der Waals surface area contributed by atoms with Crippen LogP contribution in [-0.4, -0.2) is 26.2 Å². The Balaban J connectivity index is 2.59. The van der Waals surface area contributed by atoms with E-state index in [1.807, 2.05) is 13.0 Å². The maximum Gasteiger partial charge on any atom is 0.175 e. The van der Waals surface area contributed by atoms with E-state index in [1.165, 1.54) is 11.8 Å².